The average Bonchev–Trinajstić information content (AvgIpc) is 3.09. The molecule has 0 bridgehead atoms. The Labute approximate surface area is 199 Å². The van der Waals surface area contributed by atoms with Gasteiger partial charge in [0.1, 0.15) is 27.6 Å². The first-order valence-corrected chi connectivity index (χ1v) is 11.1. The van der Waals surface area contributed by atoms with Gasteiger partial charge in [0, 0.05) is 31.0 Å². The fraction of sp³-hybridized carbons (Fsp3) is 0.348. The van der Waals surface area contributed by atoms with E-state index in [-0.39, 0.29) is 21.3 Å². The van der Waals surface area contributed by atoms with Crippen molar-refractivity contribution in [3.8, 4) is 11.8 Å². The number of amides is 1. The standard InChI is InChI=1S/C23H25F2N5O3S/c1-4-30-21(12-16(14-26)22(31)28-15-20(24)25)34-19(23(30)32)8-9-27-17-6-5-7-18(13-17)33-11-10-29(2)3/h5-7,9,13,20,27H,4,10-11,15H2,1-3H3,(H,28,31). The number of nitrogens with one attached hydrogen (secondary N) is 2. The monoisotopic (exact) mass is 489 g/mol. The van der Waals surface area contributed by atoms with Crippen molar-refractivity contribution in [1.82, 2.24) is 14.8 Å². The Balaban J connectivity index is 2.35. The number of aromatic nitrogens is 1. The number of ether oxygens (including phenoxy) is 1. The number of benzene rings is 1. The Kier molecular flexibility index (Phi) is 10.3. The Morgan fingerprint density at radius 2 is 2.15 bits per heavy atom. The van der Waals surface area contributed by atoms with E-state index >= 15 is 0 Å². The second kappa shape index (κ2) is 13.1. The predicted octanol–water partition coefficient (Wildman–Crippen LogP) is 1.09. The zero-order valence-electron chi connectivity index (χ0n) is 19.0. The van der Waals surface area contributed by atoms with E-state index in [0.717, 1.165) is 23.6 Å². The van der Waals surface area contributed by atoms with Crippen LogP contribution in [0.25, 0.3) is 11.5 Å². The number of halogens is 2. The molecule has 8 nitrogen and oxygen atoms in total. The maximum Gasteiger partial charge on any atom is 0.277 e. The van der Waals surface area contributed by atoms with E-state index < -0.39 is 24.5 Å². The molecule has 1 aromatic heterocycles. The van der Waals surface area contributed by atoms with Crippen LogP contribution in [0.3, 0.4) is 0 Å². The fourth-order valence-electron chi connectivity index (χ4n) is 2.59. The number of carbonyl (C=O) groups is 1. The molecule has 0 radical (unpaired) electrons. The van der Waals surface area contributed by atoms with Crippen LogP contribution in [0.2, 0.25) is 0 Å². The van der Waals surface area contributed by atoms with Crippen LogP contribution in [0.5, 0.6) is 5.75 Å². The third-order valence-electron chi connectivity index (χ3n) is 4.27. The lowest BCUT2D eigenvalue weighted by atomic mass is 10.3. The van der Waals surface area contributed by atoms with Crippen LogP contribution < -0.4 is 30.1 Å². The van der Waals surface area contributed by atoms with E-state index in [1.807, 2.05) is 48.6 Å². The van der Waals surface area contributed by atoms with Crippen LogP contribution in [0.1, 0.15) is 6.92 Å². The summed E-state index contributed by atoms with van der Waals surface area (Å²) in [6.07, 6.45) is -1.27. The molecule has 2 rings (SSSR count). The summed E-state index contributed by atoms with van der Waals surface area (Å²) < 4.78 is 32.1. The van der Waals surface area contributed by atoms with Crippen LogP contribution >= 0.6 is 11.3 Å². The van der Waals surface area contributed by atoms with Gasteiger partial charge in [-0.1, -0.05) is 28.9 Å². The lowest BCUT2D eigenvalue weighted by Gasteiger charge is -2.11. The number of thiazole rings is 1. The van der Waals surface area contributed by atoms with Gasteiger partial charge >= 0.3 is 0 Å². The molecule has 0 saturated carbocycles. The number of rotatable bonds is 10. The summed E-state index contributed by atoms with van der Waals surface area (Å²) in [5.74, 6) is -0.289. The van der Waals surface area contributed by atoms with Crippen molar-refractivity contribution < 1.29 is 18.3 Å². The third-order valence-corrected chi connectivity index (χ3v) is 5.28. The number of hydrogen-bond donors (Lipinski definition) is 2. The summed E-state index contributed by atoms with van der Waals surface area (Å²) in [5.41, 5.74) is 5.29. The van der Waals surface area contributed by atoms with Gasteiger partial charge in [0.15, 0.2) is 5.57 Å². The quantitative estimate of drug-likeness (QED) is 0.383. The molecular weight excluding hydrogens is 464 g/mol. The predicted molar refractivity (Wildman–Crippen MR) is 127 cm³/mol. The minimum atomic E-state index is -2.75. The SMILES string of the molecule is CCn1c(=C=C(C#N)C(=O)NCC(F)F)sc(=C=CNc2cccc(OCCN(C)C)c2)c1=O. The van der Waals surface area contributed by atoms with Gasteiger partial charge in [-0.3, -0.25) is 14.2 Å². The second-order valence-electron chi connectivity index (χ2n) is 7.11. The number of nitrogens with zero attached hydrogens (tertiary/aromatic N) is 3. The van der Waals surface area contributed by atoms with Gasteiger partial charge in [-0.15, -0.1) is 0 Å². The molecule has 2 aromatic rings. The van der Waals surface area contributed by atoms with E-state index in [0.29, 0.717) is 12.4 Å². The van der Waals surface area contributed by atoms with E-state index in [9.17, 15) is 23.6 Å². The first-order chi connectivity index (χ1) is 16.2. The highest BCUT2D eigenvalue weighted by Gasteiger charge is 2.11. The number of anilines is 1. The van der Waals surface area contributed by atoms with Crippen LogP contribution in [-0.4, -0.2) is 55.6 Å². The largest absolute Gasteiger partial charge is 0.492 e. The van der Waals surface area contributed by atoms with Crippen LogP contribution in [0.4, 0.5) is 14.5 Å². The van der Waals surface area contributed by atoms with Crippen molar-refractivity contribution >= 4 is 34.4 Å². The highest BCUT2D eigenvalue weighted by molar-refractivity contribution is 7.07. The molecule has 0 spiro atoms. The molecule has 180 valence electrons. The Hall–Kier alpha value is -3.67. The third kappa shape index (κ3) is 8.03. The molecule has 34 heavy (non-hydrogen) atoms. The summed E-state index contributed by atoms with van der Waals surface area (Å²) in [6, 6.07) is 8.94. The highest BCUT2D eigenvalue weighted by Crippen LogP contribution is 2.17. The summed E-state index contributed by atoms with van der Waals surface area (Å²) in [4.78, 5) is 26.6. The smallest absolute Gasteiger partial charge is 0.277 e. The van der Waals surface area contributed by atoms with Gasteiger partial charge < -0.3 is 20.3 Å². The van der Waals surface area contributed by atoms with Gasteiger partial charge in [0.05, 0.1) is 6.54 Å². The molecule has 2 N–H and O–H groups in total. The van der Waals surface area contributed by atoms with E-state index in [2.05, 4.69) is 16.8 Å². The van der Waals surface area contributed by atoms with Crippen molar-refractivity contribution in [2.45, 2.75) is 19.9 Å². The van der Waals surface area contributed by atoms with Gasteiger partial charge in [0.2, 0.25) is 0 Å². The molecular formula is C23H25F2N5O3S. The molecule has 1 heterocycles. The van der Waals surface area contributed by atoms with Crippen LogP contribution in [0.15, 0.2) is 40.8 Å². The minimum absolute atomic E-state index is 0.212. The minimum Gasteiger partial charge on any atom is -0.492 e. The van der Waals surface area contributed by atoms with E-state index in [4.69, 9.17) is 4.74 Å². The van der Waals surface area contributed by atoms with E-state index in [1.54, 1.807) is 13.0 Å². The summed E-state index contributed by atoms with van der Waals surface area (Å²) in [5, 5.41) is 14.2. The number of hydrogen-bond acceptors (Lipinski definition) is 7. The second-order valence-corrected chi connectivity index (χ2v) is 8.11. The van der Waals surface area contributed by atoms with Gasteiger partial charge in [-0.25, -0.2) is 8.78 Å². The molecule has 1 amide bonds. The lowest BCUT2D eigenvalue weighted by molar-refractivity contribution is -0.117. The Morgan fingerprint density at radius 1 is 1.38 bits per heavy atom. The molecule has 0 aliphatic rings. The fourth-order valence-corrected chi connectivity index (χ4v) is 3.57. The molecule has 0 atom stereocenters. The first kappa shape index (κ1) is 26.6. The molecule has 1 aromatic carbocycles. The molecule has 0 unspecified atom stereocenters. The number of alkyl halides is 2. The number of carbonyl (C=O) groups excluding carboxylic acids is 1. The zero-order valence-corrected chi connectivity index (χ0v) is 19.8. The highest BCUT2D eigenvalue weighted by atomic mass is 32.1. The zero-order chi connectivity index (χ0) is 25.1. The van der Waals surface area contributed by atoms with Crippen molar-refractivity contribution in [2.24, 2.45) is 0 Å². The van der Waals surface area contributed by atoms with Crippen molar-refractivity contribution in [3.63, 3.8) is 0 Å². The Bertz CT molecular complexity index is 1300. The Morgan fingerprint density at radius 3 is 2.79 bits per heavy atom. The van der Waals surface area contributed by atoms with Gasteiger partial charge in [-0.2, -0.15) is 5.26 Å². The van der Waals surface area contributed by atoms with E-state index in [1.165, 1.54) is 10.8 Å². The molecule has 0 saturated heterocycles. The maximum absolute atomic E-state index is 12.7. The van der Waals surface area contributed by atoms with Crippen molar-refractivity contribution in [2.75, 3.05) is 39.1 Å². The summed E-state index contributed by atoms with van der Waals surface area (Å²) in [6.45, 7) is 2.42. The van der Waals surface area contributed by atoms with Gasteiger partial charge in [0.25, 0.3) is 17.9 Å². The summed E-state index contributed by atoms with van der Waals surface area (Å²) >= 11 is 0.976. The molecule has 0 fully saturated rings. The molecule has 11 heteroatoms. The molecule has 0 aliphatic heterocycles. The summed E-state index contributed by atoms with van der Waals surface area (Å²) in [7, 11) is 3.92. The van der Waals surface area contributed by atoms with Crippen LogP contribution in [-0.2, 0) is 11.3 Å². The van der Waals surface area contributed by atoms with Crippen molar-refractivity contribution in [3.05, 3.63) is 55.6 Å². The maximum atomic E-state index is 12.7. The first-order valence-electron chi connectivity index (χ1n) is 10.3. The van der Waals surface area contributed by atoms with Crippen LogP contribution in [0, 0.1) is 11.3 Å². The molecule has 0 aliphatic carbocycles. The van der Waals surface area contributed by atoms with Gasteiger partial charge in [-0.05, 0) is 33.2 Å². The number of likely N-dealkylation sites (N-methyl/N-ethyl adjacent to an activating group) is 1. The topological polar surface area (TPSA) is 99.4 Å². The normalized spacial score (nSPS) is 10.3. The van der Waals surface area contributed by atoms with Crippen molar-refractivity contribution in [1.29, 1.82) is 5.26 Å². The number of nitriles is 1. The lowest BCUT2D eigenvalue weighted by Crippen LogP contribution is -2.31. The average molecular weight is 490 g/mol.